The van der Waals surface area contributed by atoms with Crippen molar-refractivity contribution in [3.63, 3.8) is 0 Å². The van der Waals surface area contributed by atoms with E-state index in [0.717, 1.165) is 38.1 Å². The summed E-state index contributed by atoms with van der Waals surface area (Å²) in [6.07, 6.45) is -0.887. The summed E-state index contributed by atoms with van der Waals surface area (Å²) in [5.74, 6) is 1.85. The molecule has 1 saturated heterocycles. The fourth-order valence-electron chi connectivity index (χ4n) is 4.65. The molecule has 2 heterocycles. The maximum absolute atomic E-state index is 12.7. The highest BCUT2D eigenvalue weighted by atomic mass is 19.4. The van der Waals surface area contributed by atoms with Gasteiger partial charge < -0.3 is 9.64 Å². The standard InChI is InChI=1S/C24H30F3N3O/c1-23(2,3)10-11-30-14-17-12-20(13-18(17)15-30)31-22-9-8-21(28-29-22)16-4-6-19(7-5-16)24(25,26)27/h4-9,17-18,20H,10-15H2,1-3H3/t17-,18+,20?. The summed E-state index contributed by atoms with van der Waals surface area (Å²) in [6.45, 7) is 10.3. The lowest BCUT2D eigenvalue weighted by atomic mass is 9.92. The molecule has 0 spiro atoms. The smallest absolute Gasteiger partial charge is 0.416 e. The van der Waals surface area contributed by atoms with E-state index in [2.05, 4.69) is 35.9 Å². The molecule has 1 aliphatic heterocycles. The number of hydrogen-bond acceptors (Lipinski definition) is 4. The fourth-order valence-corrected chi connectivity index (χ4v) is 4.65. The molecule has 3 atom stereocenters. The van der Waals surface area contributed by atoms with Gasteiger partial charge in [0.1, 0.15) is 6.10 Å². The van der Waals surface area contributed by atoms with Gasteiger partial charge in [0, 0.05) is 24.7 Å². The zero-order valence-corrected chi connectivity index (χ0v) is 18.3. The maximum Gasteiger partial charge on any atom is 0.416 e. The Hall–Kier alpha value is -2.15. The second kappa shape index (κ2) is 8.41. The molecule has 4 rings (SSSR count). The number of halogens is 3. The third-order valence-corrected chi connectivity index (χ3v) is 6.40. The lowest BCUT2D eigenvalue weighted by molar-refractivity contribution is -0.137. The SMILES string of the molecule is CC(C)(C)CCN1C[C@H]2CC(Oc3ccc(-c4ccc(C(F)(F)F)cc4)nn3)C[C@H]2C1. The van der Waals surface area contributed by atoms with E-state index in [4.69, 9.17) is 4.74 Å². The van der Waals surface area contributed by atoms with Crippen LogP contribution in [0.15, 0.2) is 36.4 Å². The van der Waals surface area contributed by atoms with Crippen LogP contribution < -0.4 is 4.74 Å². The first-order valence-corrected chi connectivity index (χ1v) is 11.0. The summed E-state index contributed by atoms with van der Waals surface area (Å²) in [6, 6.07) is 8.44. The average Bonchev–Trinajstić information content (AvgIpc) is 3.24. The van der Waals surface area contributed by atoms with Crippen molar-refractivity contribution in [3.05, 3.63) is 42.0 Å². The Morgan fingerprint density at radius 1 is 0.935 bits per heavy atom. The number of fused-ring (bicyclic) bond motifs is 1. The quantitative estimate of drug-likeness (QED) is 0.607. The lowest BCUT2D eigenvalue weighted by Crippen LogP contribution is -2.28. The first-order valence-electron chi connectivity index (χ1n) is 11.0. The van der Waals surface area contributed by atoms with Gasteiger partial charge in [-0.25, -0.2) is 0 Å². The lowest BCUT2D eigenvalue weighted by Gasteiger charge is -2.24. The van der Waals surface area contributed by atoms with E-state index >= 15 is 0 Å². The second-order valence-electron chi connectivity index (χ2n) is 10.1. The van der Waals surface area contributed by atoms with Crippen molar-refractivity contribution in [3.8, 4) is 17.1 Å². The van der Waals surface area contributed by atoms with Crippen LogP contribution in [0, 0.1) is 17.3 Å². The molecule has 0 amide bonds. The summed E-state index contributed by atoms with van der Waals surface area (Å²) >= 11 is 0. The molecular formula is C24H30F3N3O. The zero-order valence-electron chi connectivity index (χ0n) is 18.3. The molecule has 1 aromatic carbocycles. The largest absolute Gasteiger partial charge is 0.473 e. The Labute approximate surface area is 181 Å². The first-order chi connectivity index (χ1) is 14.6. The Kier molecular flexibility index (Phi) is 5.99. The van der Waals surface area contributed by atoms with E-state index in [-0.39, 0.29) is 6.10 Å². The van der Waals surface area contributed by atoms with Crippen molar-refractivity contribution < 1.29 is 17.9 Å². The van der Waals surface area contributed by atoms with Gasteiger partial charge in [-0.15, -0.1) is 10.2 Å². The molecule has 0 N–H and O–H groups in total. The molecule has 2 fully saturated rings. The van der Waals surface area contributed by atoms with Gasteiger partial charge in [-0.2, -0.15) is 13.2 Å². The minimum absolute atomic E-state index is 0.158. The monoisotopic (exact) mass is 433 g/mol. The molecule has 1 unspecified atom stereocenters. The van der Waals surface area contributed by atoms with Crippen LogP contribution in [0.1, 0.15) is 45.6 Å². The topological polar surface area (TPSA) is 38.2 Å². The van der Waals surface area contributed by atoms with Gasteiger partial charge in [-0.05, 0) is 61.3 Å². The van der Waals surface area contributed by atoms with Gasteiger partial charge >= 0.3 is 6.18 Å². The molecule has 0 radical (unpaired) electrons. The van der Waals surface area contributed by atoms with Gasteiger partial charge in [0.2, 0.25) is 5.88 Å². The Bertz CT molecular complexity index is 861. The van der Waals surface area contributed by atoms with Crippen LogP contribution in [0.4, 0.5) is 13.2 Å². The number of likely N-dealkylation sites (tertiary alicyclic amines) is 1. The minimum atomic E-state index is -4.34. The second-order valence-corrected chi connectivity index (χ2v) is 10.1. The number of benzene rings is 1. The van der Waals surface area contributed by atoms with Crippen LogP contribution in [-0.4, -0.2) is 40.8 Å². The molecule has 4 nitrogen and oxygen atoms in total. The number of hydrogen-bond donors (Lipinski definition) is 0. The first kappa shape index (κ1) is 22.1. The van der Waals surface area contributed by atoms with Crippen molar-refractivity contribution in [1.82, 2.24) is 15.1 Å². The number of ether oxygens (including phenoxy) is 1. The molecule has 168 valence electrons. The molecule has 2 aromatic rings. The highest BCUT2D eigenvalue weighted by Gasteiger charge is 2.42. The molecule has 0 bridgehead atoms. The summed E-state index contributed by atoms with van der Waals surface area (Å²) in [7, 11) is 0. The van der Waals surface area contributed by atoms with E-state index in [1.165, 1.54) is 25.1 Å². The summed E-state index contributed by atoms with van der Waals surface area (Å²) in [5.41, 5.74) is 0.818. The van der Waals surface area contributed by atoms with Gasteiger partial charge in [0.05, 0.1) is 11.3 Å². The Balaban J connectivity index is 1.29. The minimum Gasteiger partial charge on any atom is -0.473 e. The van der Waals surface area contributed by atoms with E-state index in [1.54, 1.807) is 12.1 Å². The van der Waals surface area contributed by atoms with Crippen molar-refractivity contribution >= 4 is 0 Å². The zero-order chi connectivity index (χ0) is 22.2. The van der Waals surface area contributed by atoms with E-state index in [9.17, 15) is 13.2 Å². The number of alkyl halides is 3. The third-order valence-electron chi connectivity index (χ3n) is 6.40. The van der Waals surface area contributed by atoms with Gasteiger partial charge in [-0.3, -0.25) is 0 Å². The van der Waals surface area contributed by atoms with Crippen LogP contribution in [0.2, 0.25) is 0 Å². The molecule has 1 aromatic heterocycles. The van der Waals surface area contributed by atoms with Crippen LogP contribution in [-0.2, 0) is 6.18 Å². The van der Waals surface area contributed by atoms with Crippen LogP contribution in [0.3, 0.4) is 0 Å². The number of rotatable bonds is 5. The van der Waals surface area contributed by atoms with Crippen molar-refractivity contribution in [1.29, 1.82) is 0 Å². The predicted molar refractivity (Wildman–Crippen MR) is 114 cm³/mol. The van der Waals surface area contributed by atoms with E-state index in [0.29, 0.717) is 34.4 Å². The molecule has 2 aliphatic rings. The normalized spacial score (nSPS) is 24.4. The predicted octanol–water partition coefficient (Wildman–Crippen LogP) is 5.69. The van der Waals surface area contributed by atoms with Crippen molar-refractivity contribution in [2.45, 2.75) is 52.3 Å². The maximum atomic E-state index is 12.7. The van der Waals surface area contributed by atoms with Crippen LogP contribution >= 0.6 is 0 Å². The van der Waals surface area contributed by atoms with Crippen LogP contribution in [0.5, 0.6) is 5.88 Å². The third kappa shape index (κ3) is 5.56. The number of aromatic nitrogens is 2. The highest BCUT2D eigenvalue weighted by Crippen LogP contribution is 2.40. The van der Waals surface area contributed by atoms with E-state index < -0.39 is 11.7 Å². The molecule has 1 saturated carbocycles. The van der Waals surface area contributed by atoms with Gasteiger partial charge in [-0.1, -0.05) is 32.9 Å². The van der Waals surface area contributed by atoms with E-state index in [1.807, 2.05) is 0 Å². The molecular weight excluding hydrogens is 403 g/mol. The van der Waals surface area contributed by atoms with Crippen molar-refractivity contribution in [2.75, 3.05) is 19.6 Å². The van der Waals surface area contributed by atoms with Crippen LogP contribution in [0.25, 0.3) is 11.3 Å². The summed E-state index contributed by atoms with van der Waals surface area (Å²) in [4.78, 5) is 2.59. The average molecular weight is 434 g/mol. The van der Waals surface area contributed by atoms with Crippen molar-refractivity contribution in [2.24, 2.45) is 17.3 Å². The van der Waals surface area contributed by atoms with Gasteiger partial charge in [0.15, 0.2) is 0 Å². The Morgan fingerprint density at radius 3 is 2.10 bits per heavy atom. The molecule has 1 aliphatic carbocycles. The highest BCUT2D eigenvalue weighted by molar-refractivity contribution is 5.59. The molecule has 31 heavy (non-hydrogen) atoms. The van der Waals surface area contributed by atoms with Gasteiger partial charge in [0.25, 0.3) is 0 Å². The number of nitrogens with zero attached hydrogens (tertiary/aromatic N) is 3. The summed E-state index contributed by atoms with van der Waals surface area (Å²) < 4.78 is 44.2. The molecule has 7 heteroatoms. The summed E-state index contributed by atoms with van der Waals surface area (Å²) in [5, 5.41) is 8.30. The fraction of sp³-hybridized carbons (Fsp3) is 0.583. The Morgan fingerprint density at radius 2 is 1.58 bits per heavy atom.